The van der Waals surface area contributed by atoms with Crippen LogP contribution in [0.4, 0.5) is 26.3 Å². The van der Waals surface area contributed by atoms with Gasteiger partial charge in [-0.1, -0.05) is 48.5 Å². The van der Waals surface area contributed by atoms with Crippen LogP contribution in [0.5, 0.6) is 5.75 Å². The number of hydrogen-bond acceptors (Lipinski definition) is 5. The highest BCUT2D eigenvalue weighted by Gasteiger charge is 2.41. The van der Waals surface area contributed by atoms with Crippen molar-refractivity contribution in [1.29, 1.82) is 0 Å². The Balaban J connectivity index is 1.36. The summed E-state index contributed by atoms with van der Waals surface area (Å²) in [6.45, 7) is 0.0867. The number of carboxylic acids is 1. The molecule has 0 bridgehead atoms. The first kappa shape index (κ1) is 28.3. The van der Waals surface area contributed by atoms with Crippen LogP contribution in [-0.4, -0.2) is 30.8 Å². The zero-order chi connectivity index (χ0) is 30.1. The molecule has 0 aliphatic heterocycles. The van der Waals surface area contributed by atoms with Crippen LogP contribution in [0.2, 0.25) is 0 Å². The van der Waals surface area contributed by atoms with Gasteiger partial charge in [-0.2, -0.15) is 31.4 Å². The van der Waals surface area contributed by atoms with Gasteiger partial charge in [-0.25, -0.2) is 19.4 Å². The first-order valence-electron chi connectivity index (χ1n) is 12.1. The van der Waals surface area contributed by atoms with Crippen LogP contribution in [-0.2, 0) is 19.0 Å². The Morgan fingerprint density at radius 2 is 1.48 bits per heavy atom. The number of nitrogens with zero attached hydrogens (tertiary/aromatic N) is 4. The van der Waals surface area contributed by atoms with Gasteiger partial charge in [0.2, 0.25) is 0 Å². The van der Waals surface area contributed by atoms with Crippen LogP contribution in [0, 0.1) is 0 Å². The van der Waals surface area contributed by atoms with E-state index in [2.05, 4.69) is 15.1 Å². The van der Waals surface area contributed by atoms with Crippen LogP contribution < -0.4 is 4.74 Å². The number of rotatable bonds is 7. The van der Waals surface area contributed by atoms with Crippen LogP contribution in [0.25, 0.3) is 28.3 Å². The smallest absolute Gasteiger partial charge is 0.434 e. The number of para-hydroxylation sites is 1. The molecule has 0 aliphatic rings. The van der Waals surface area contributed by atoms with E-state index >= 15 is 0 Å². The largest absolute Gasteiger partial charge is 0.488 e. The average molecular weight is 584 g/mol. The number of aromatic carboxylic acids is 1. The summed E-state index contributed by atoms with van der Waals surface area (Å²) in [6, 6.07) is 19.6. The Morgan fingerprint density at radius 1 is 0.833 bits per heavy atom. The predicted octanol–water partition coefficient (Wildman–Crippen LogP) is 7.31. The molecule has 0 saturated heterocycles. The molecule has 0 radical (unpaired) electrons. The van der Waals surface area contributed by atoms with Gasteiger partial charge < -0.3 is 9.84 Å². The van der Waals surface area contributed by atoms with Gasteiger partial charge in [0.15, 0.2) is 17.3 Å². The maximum atomic E-state index is 13.7. The number of benzene rings is 3. The number of hydrogen-bond donors (Lipinski definition) is 1. The van der Waals surface area contributed by atoms with Crippen LogP contribution in [0.3, 0.4) is 0 Å². The Labute approximate surface area is 233 Å². The SMILES string of the molecule is O=C(O)c1cnn(-c2ccnc(-c3ccccc3OCc3ccc(-c4ccc(C(F)(F)F)cc4)cc3)n2)c1C(F)(F)F. The molecule has 0 spiro atoms. The lowest BCUT2D eigenvalue weighted by atomic mass is 10.0. The van der Waals surface area contributed by atoms with Gasteiger partial charge >= 0.3 is 18.3 Å². The third-order valence-electron chi connectivity index (χ3n) is 6.15. The molecule has 0 fully saturated rings. The first-order valence-corrected chi connectivity index (χ1v) is 12.1. The minimum Gasteiger partial charge on any atom is -0.488 e. The molecule has 7 nitrogen and oxygen atoms in total. The second-order valence-corrected chi connectivity index (χ2v) is 8.92. The van der Waals surface area contributed by atoms with E-state index in [4.69, 9.17) is 4.74 Å². The molecule has 5 rings (SSSR count). The van der Waals surface area contributed by atoms with Crippen molar-refractivity contribution in [3.05, 3.63) is 114 Å². The summed E-state index contributed by atoms with van der Waals surface area (Å²) in [4.78, 5) is 19.7. The van der Waals surface area contributed by atoms with E-state index < -0.39 is 35.1 Å². The summed E-state index contributed by atoms with van der Waals surface area (Å²) in [6.07, 6.45) is -7.61. The standard InChI is InChI=1S/C29H18F6N4O3/c30-28(31,32)20-11-9-19(10-12-20)18-7-5-17(6-8-18)16-42-23-4-2-1-3-21(23)26-36-14-13-24(38-26)39-25(29(33,34)35)22(15-37-39)27(40)41/h1-15H,16H2,(H,40,41). The maximum Gasteiger partial charge on any atom is 0.434 e. The summed E-state index contributed by atoms with van der Waals surface area (Å²) in [7, 11) is 0. The molecule has 42 heavy (non-hydrogen) atoms. The topological polar surface area (TPSA) is 90.1 Å². The molecule has 214 valence electrons. The highest BCUT2D eigenvalue weighted by atomic mass is 19.4. The summed E-state index contributed by atoms with van der Waals surface area (Å²) >= 11 is 0. The maximum absolute atomic E-state index is 13.7. The summed E-state index contributed by atoms with van der Waals surface area (Å²) in [5, 5.41) is 12.8. The molecule has 0 aliphatic carbocycles. The van der Waals surface area contributed by atoms with Crippen molar-refractivity contribution in [1.82, 2.24) is 19.7 Å². The van der Waals surface area contributed by atoms with Crippen molar-refractivity contribution in [3.8, 4) is 34.1 Å². The Morgan fingerprint density at radius 3 is 2.10 bits per heavy atom. The van der Waals surface area contributed by atoms with Gasteiger partial charge in [0.05, 0.1) is 17.3 Å². The molecule has 0 amide bonds. The zero-order valence-electron chi connectivity index (χ0n) is 21.2. The summed E-state index contributed by atoms with van der Waals surface area (Å²) in [5.41, 5.74) is -0.817. The van der Waals surface area contributed by atoms with E-state index in [9.17, 15) is 36.2 Å². The van der Waals surface area contributed by atoms with Crippen LogP contribution in [0.1, 0.15) is 27.2 Å². The average Bonchev–Trinajstić information content (AvgIpc) is 3.43. The van der Waals surface area contributed by atoms with E-state index in [1.165, 1.54) is 24.4 Å². The molecule has 2 aromatic heterocycles. The molecular weight excluding hydrogens is 566 g/mol. The van der Waals surface area contributed by atoms with E-state index in [0.29, 0.717) is 33.3 Å². The van der Waals surface area contributed by atoms with Gasteiger partial charge in [0.1, 0.15) is 17.9 Å². The van der Waals surface area contributed by atoms with Gasteiger partial charge in [-0.05, 0) is 41.0 Å². The monoisotopic (exact) mass is 584 g/mol. The lowest BCUT2D eigenvalue weighted by Crippen LogP contribution is -2.18. The Kier molecular flexibility index (Phi) is 7.42. The third kappa shape index (κ3) is 5.94. The van der Waals surface area contributed by atoms with Crippen LogP contribution >= 0.6 is 0 Å². The lowest BCUT2D eigenvalue weighted by Gasteiger charge is -2.13. The van der Waals surface area contributed by atoms with Crippen molar-refractivity contribution in [2.24, 2.45) is 0 Å². The molecule has 0 atom stereocenters. The first-order chi connectivity index (χ1) is 19.9. The number of carboxylic acid groups (broad SMARTS) is 1. The fourth-order valence-corrected chi connectivity index (χ4v) is 4.13. The van der Waals surface area contributed by atoms with E-state index in [1.54, 1.807) is 48.5 Å². The molecule has 5 aromatic rings. The Hall–Kier alpha value is -5.20. The number of ether oxygens (including phenoxy) is 1. The third-order valence-corrected chi connectivity index (χ3v) is 6.15. The van der Waals surface area contributed by atoms with E-state index in [0.717, 1.165) is 17.7 Å². The quantitative estimate of drug-likeness (QED) is 0.202. The van der Waals surface area contributed by atoms with E-state index in [-0.39, 0.29) is 18.2 Å². The molecule has 0 unspecified atom stereocenters. The summed E-state index contributed by atoms with van der Waals surface area (Å²) < 4.78 is 85.9. The molecular formula is C29H18F6N4O3. The number of aromatic nitrogens is 4. The molecule has 3 aromatic carbocycles. The molecule has 2 heterocycles. The number of halogens is 6. The minimum atomic E-state index is -5.02. The highest BCUT2D eigenvalue weighted by Crippen LogP contribution is 2.35. The van der Waals surface area contributed by atoms with Gasteiger partial charge in [0.25, 0.3) is 0 Å². The molecule has 0 saturated carbocycles. The zero-order valence-corrected chi connectivity index (χ0v) is 21.2. The van der Waals surface area contributed by atoms with Crippen LogP contribution in [0.15, 0.2) is 91.3 Å². The Bertz CT molecular complexity index is 1730. The van der Waals surface area contributed by atoms with Crippen molar-refractivity contribution in [3.63, 3.8) is 0 Å². The lowest BCUT2D eigenvalue weighted by molar-refractivity contribution is -0.143. The second-order valence-electron chi connectivity index (χ2n) is 8.92. The number of carbonyl (C=O) groups is 1. The van der Waals surface area contributed by atoms with Gasteiger partial charge in [-0.3, -0.25) is 0 Å². The van der Waals surface area contributed by atoms with Crippen molar-refractivity contribution in [2.45, 2.75) is 19.0 Å². The fourth-order valence-electron chi connectivity index (χ4n) is 4.13. The second kappa shape index (κ2) is 11.0. The molecule has 1 N–H and O–H groups in total. The summed E-state index contributed by atoms with van der Waals surface area (Å²) in [5.74, 6) is -1.74. The fraction of sp³-hybridized carbons (Fsp3) is 0.103. The highest BCUT2D eigenvalue weighted by molar-refractivity contribution is 5.89. The van der Waals surface area contributed by atoms with Gasteiger partial charge in [0, 0.05) is 12.3 Å². The van der Waals surface area contributed by atoms with E-state index in [1.807, 2.05) is 0 Å². The number of alkyl halides is 6. The normalized spacial score (nSPS) is 11.9. The van der Waals surface area contributed by atoms with Gasteiger partial charge in [-0.15, -0.1) is 0 Å². The molecule has 13 heteroatoms. The minimum absolute atomic E-state index is 0.0150. The van der Waals surface area contributed by atoms with Crippen molar-refractivity contribution >= 4 is 5.97 Å². The van der Waals surface area contributed by atoms with Crippen molar-refractivity contribution in [2.75, 3.05) is 0 Å². The van der Waals surface area contributed by atoms with Crippen molar-refractivity contribution < 1.29 is 41.0 Å². The predicted molar refractivity (Wildman–Crippen MR) is 138 cm³/mol.